The molecule has 0 aliphatic heterocycles. The molecule has 0 bridgehead atoms. The highest BCUT2D eigenvalue weighted by atomic mass is 32.2. The fourth-order valence-corrected chi connectivity index (χ4v) is 7.91. The number of aromatic carboxylic acids is 2. The molecule has 0 fully saturated rings. The summed E-state index contributed by atoms with van der Waals surface area (Å²) in [5.41, 5.74) is 2.07. The second kappa shape index (κ2) is 14.7. The van der Waals surface area contributed by atoms with E-state index in [-0.39, 0.29) is 17.0 Å². The van der Waals surface area contributed by atoms with Crippen LogP contribution in [0.25, 0.3) is 0 Å². The van der Waals surface area contributed by atoms with Gasteiger partial charge in [-0.2, -0.15) is 0 Å². The lowest BCUT2D eigenvalue weighted by Crippen LogP contribution is -2.25. The Labute approximate surface area is 279 Å². The van der Waals surface area contributed by atoms with Crippen LogP contribution in [0, 0.1) is 0 Å². The molecule has 12 heteroatoms. The van der Waals surface area contributed by atoms with Crippen LogP contribution < -0.4 is 10.6 Å². The van der Waals surface area contributed by atoms with Crippen molar-refractivity contribution in [1.29, 1.82) is 0 Å². The lowest BCUT2D eigenvalue weighted by atomic mass is 9.83. The van der Waals surface area contributed by atoms with E-state index in [1.54, 1.807) is 24.3 Å². The van der Waals surface area contributed by atoms with Crippen LogP contribution in [0.4, 0.5) is 10.7 Å². The number of hydrogen-bond donors (Lipinski definition) is 4. The third kappa shape index (κ3) is 7.55. The molecule has 0 radical (unpaired) electrons. The number of fused-ring (bicyclic) bond motifs is 1. The van der Waals surface area contributed by atoms with Crippen LogP contribution in [0.5, 0.6) is 0 Å². The monoisotopic (exact) mass is 672 g/mol. The fraction of sp³-hybridized carbons (Fsp3) is 0.229. The Kier molecular flexibility index (Phi) is 10.4. The van der Waals surface area contributed by atoms with Crippen LogP contribution in [-0.4, -0.2) is 52.3 Å². The van der Waals surface area contributed by atoms with Crippen molar-refractivity contribution in [2.75, 3.05) is 17.7 Å². The molecule has 0 saturated heterocycles. The van der Waals surface area contributed by atoms with Crippen molar-refractivity contribution in [3.63, 3.8) is 0 Å². The molecule has 1 heterocycles. The van der Waals surface area contributed by atoms with Crippen LogP contribution in [0.2, 0.25) is 0 Å². The zero-order chi connectivity index (χ0) is 33.7. The number of methoxy groups -OCH3 is 1. The summed E-state index contributed by atoms with van der Waals surface area (Å²) >= 11 is 2.70. The minimum Gasteiger partial charge on any atom is -0.478 e. The van der Waals surface area contributed by atoms with Crippen LogP contribution >= 0.6 is 23.1 Å². The van der Waals surface area contributed by atoms with Crippen molar-refractivity contribution in [3.8, 4) is 0 Å². The number of hydrogen-bond acceptors (Lipinski definition) is 8. The Morgan fingerprint density at radius 2 is 1.70 bits per heavy atom. The lowest BCUT2D eigenvalue weighted by molar-refractivity contribution is -0.115. The van der Waals surface area contributed by atoms with Gasteiger partial charge in [-0.05, 0) is 79.1 Å². The number of amides is 2. The summed E-state index contributed by atoms with van der Waals surface area (Å²) in [6.45, 7) is 1.88. The molecule has 5 rings (SSSR count). The van der Waals surface area contributed by atoms with Crippen molar-refractivity contribution in [3.05, 3.63) is 111 Å². The summed E-state index contributed by atoms with van der Waals surface area (Å²) in [4.78, 5) is 64.2. The predicted octanol–water partition coefficient (Wildman–Crippen LogP) is 6.97. The third-order valence-corrected chi connectivity index (χ3v) is 10.5. The smallest absolute Gasteiger partial charge is 0.341 e. The number of carboxylic acids is 2. The van der Waals surface area contributed by atoms with E-state index in [9.17, 15) is 34.2 Å². The van der Waals surface area contributed by atoms with Gasteiger partial charge in [0.1, 0.15) is 5.00 Å². The quantitative estimate of drug-likeness (QED) is 0.0975. The van der Waals surface area contributed by atoms with Gasteiger partial charge in [-0.1, -0.05) is 43.3 Å². The van der Waals surface area contributed by atoms with Crippen LogP contribution in [0.15, 0.2) is 77.7 Å². The largest absolute Gasteiger partial charge is 0.478 e. The Morgan fingerprint density at radius 1 is 0.936 bits per heavy atom. The second-order valence-electron chi connectivity index (χ2n) is 10.9. The molecule has 0 saturated carbocycles. The zero-order valence-electron chi connectivity index (χ0n) is 25.6. The molecule has 2 amide bonds. The van der Waals surface area contributed by atoms with Gasteiger partial charge in [0.15, 0.2) is 0 Å². The highest BCUT2D eigenvalue weighted by Gasteiger charge is 2.31. The molecule has 4 N–H and O–H groups in total. The molecule has 1 aliphatic carbocycles. The standard InChI is InChI=1S/C35H32N2O8S2/c1-3-27(46-23-11-7-10-22(18-23)36-30(38)24-14-13-21(33(40)41)16-26(24)34(42)43)31(39)37-32-29(35(44)45-2)25-15-12-20(17-28(25)47-32)19-8-5-4-6-9-19/h4-11,13-14,16,18,20,27H,3,12,15,17H2,1-2H3,(H,36,38)(H,37,39)(H,40,41)(H,42,43). The van der Waals surface area contributed by atoms with Gasteiger partial charge < -0.3 is 25.6 Å². The first-order chi connectivity index (χ1) is 22.6. The maximum atomic E-state index is 13.6. The topological polar surface area (TPSA) is 159 Å². The number of rotatable bonds is 11. The van der Waals surface area contributed by atoms with Gasteiger partial charge >= 0.3 is 17.9 Å². The molecule has 0 spiro atoms. The van der Waals surface area contributed by atoms with Gasteiger partial charge in [-0.15, -0.1) is 23.1 Å². The number of carbonyl (C=O) groups excluding carboxylic acids is 3. The number of esters is 1. The van der Waals surface area contributed by atoms with Gasteiger partial charge in [0.05, 0.1) is 34.6 Å². The Bertz CT molecular complexity index is 1850. The maximum absolute atomic E-state index is 13.6. The summed E-state index contributed by atoms with van der Waals surface area (Å²) in [6, 6.07) is 20.3. The van der Waals surface area contributed by atoms with E-state index in [1.807, 2.05) is 25.1 Å². The van der Waals surface area contributed by atoms with Gasteiger partial charge in [0, 0.05) is 15.5 Å². The molecule has 2 unspecified atom stereocenters. The number of anilines is 2. The molecule has 2 atom stereocenters. The number of benzene rings is 3. The number of nitrogens with one attached hydrogen (secondary N) is 2. The van der Waals surface area contributed by atoms with Gasteiger partial charge in [0.2, 0.25) is 5.91 Å². The molecule has 3 aromatic carbocycles. The van der Waals surface area contributed by atoms with Gasteiger partial charge in [-0.3, -0.25) is 9.59 Å². The highest BCUT2D eigenvalue weighted by Crippen LogP contribution is 2.43. The number of thiophene rings is 1. The molecule has 1 aromatic heterocycles. The normalized spacial score (nSPS) is 14.4. The minimum atomic E-state index is -1.43. The summed E-state index contributed by atoms with van der Waals surface area (Å²) in [6.07, 6.45) is 2.83. The number of ether oxygens (including phenoxy) is 1. The van der Waals surface area contributed by atoms with Crippen LogP contribution in [0.1, 0.15) is 83.1 Å². The SMILES string of the molecule is CCC(Sc1cccc(NC(=O)c2ccc(C(=O)O)cc2C(=O)O)c1)C(=O)Nc1sc2c(c1C(=O)OC)CCC(c1ccccc1)C2. The lowest BCUT2D eigenvalue weighted by Gasteiger charge is -2.22. The minimum absolute atomic E-state index is 0.193. The average Bonchev–Trinajstić information content (AvgIpc) is 3.43. The fourth-order valence-electron chi connectivity index (χ4n) is 5.58. The molecule has 4 aromatic rings. The first-order valence-electron chi connectivity index (χ1n) is 14.9. The molecule has 47 heavy (non-hydrogen) atoms. The first kappa shape index (κ1) is 33.4. The number of carbonyl (C=O) groups is 5. The van der Waals surface area contributed by atoms with E-state index < -0.39 is 34.6 Å². The van der Waals surface area contributed by atoms with Crippen LogP contribution in [-0.2, 0) is 22.4 Å². The van der Waals surface area contributed by atoms with E-state index >= 15 is 0 Å². The van der Waals surface area contributed by atoms with Gasteiger partial charge in [0.25, 0.3) is 5.91 Å². The van der Waals surface area contributed by atoms with E-state index in [1.165, 1.54) is 35.8 Å². The van der Waals surface area contributed by atoms with Crippen molar-refractivity contribution in [2.45, 2.75) is 48.7 Å². The molecule has 242 valence electrons. The summed E-state index contributed by atoms with van der Waals surface area (Å²) < 4.78 is 5.11. The predicted molar refractivity (Wildman–Crippen MR) is 180 cm³/mol. The first-order valence-corrected chi connectivity index (χ1v) is 16.6. The van der Waals surface area contributed by atoms with Crippen molar-refractivity contribution < 1.29 is 38.9 Å². The van der Waals surface area contributed by atoms with E-state index in [0.717, 1.165) is 41.5 Å². The molecule has 10 nitrogen and oxygen atoms in total. The van der Waals surface area contributed by atoms with E-state index in [2.05, 4.69) is 22.8 Å². The molecule has 1 aliphatic rings. The Hall–Kier alpha value is -4.94. The number of carboxylic acid groups (broad SMARTS) is 2. The van der Waals surface area contributed by atoms with E-state index in [0.29, 0.717) is 39.9 Å². The molecular weight excluding hydrogens is 641 g/mol. The summed E-state index contributed by atoms with van der Waals surface area (Å²) in [5.74, 6) is -3.91. The summed E-state index contributed by atoms with van der Waals surface area (Å²) in [5, 5.41) is 24.3. The van der Waals surface area contributed by atoms with Gasteiger partial charge in [-0.25, -0.2) is 14.4 Å². The molecular formula is C35H32N2O8S2. The Balaban J connectivity index is 1.31. The Morgan fingerprint density at radius 3 is 2.38 bits per heavy atom. The average molecular weight is 673 g/mol. The highest BCUT2D eigenvalue weighted by molar-refractivity contribution is 8.00. The zero-order valence-corrected chi connectivity index (χ0v) is 27.2. The van der Waals surface area contributed by atoms with Crippen molar-refractivity contribution in [1.82, 2.24) is 0 Å². The second-order valence-corrected chi connectivity index (χ2v) is 13.3. The summed E-state index contributed by atoms with van der Waals surface area (Å²) in [7, 11) is 1.33. The van der Waals surface area contributed by atoms with Crippen LogP contribution in [0.3, 0.4) is 0 Å². The van der Waals surface area contributed by atoms with Crippen molar-refractivity contribution >= 4 is 63.5 Å². The maximum Gasteiger partial charge on any atom is 0.341 e. The number of thioether (sulfide) groups is 1. The van der Waals surface area contributed by atoms with Crippen molar-refractivity contribution in [2.24, 2.45) is 0 Å². The van der Waals surface area contributed by atoms with E-state index in [4.69, 9.17) is 4.74 Å². The third-order valence-electron chi connectivity index (χ3n) is 7.94.